The topological polar surface area (TPSA) is 64.9 Å². The predicted octanol–water partition coefficient (Wildman–Crippen LogP) is 2.70. The molecule has 2 aliphatic rings. The molecule has 0 amide bonds. The third-order valence-electron chi connectivity index (χ3n) is 3.78. The monoisotopic (exact) mass is 385 g/mol. The number of rotatable bonds is 3. The largest absolute Gasteiger partial charge is 0.365 e. The van der Waals surface area contributed by atoms with Gasteiger partial charge in [0.25, 0.3) is 0 Å². The fourth-order valence-corrected chi connectivity index (χ4v) is 3.04. The van der Waals surface area contributed by atoms with Gasteiger partial charge >= 0.3 is 0 Å². The molecule has 1 N–H and O–H groups in total. The summed E-state index contributed by atoms with van der Waals surface area (Å²) in [5.74, 6) is 0.858. The van der Waals surface area contributed by atoms with Crippen molar-refractivity contribution >= 4 is 39.6 Å². The van der Waals surface area contributed by atoms with Crippen LogP contribution >= 0.6 is 22.6 Å². The van der Waals surface area contributed by atoms with Crippen LogP contribution in [0.15, 0.2) is 6.33 Å². The molecule has 0 bridgehead atoms. The fraction of sp³-hybridized carbons (Fsp3) is 0.615. The molecule has 0 aromatic carbocycles. The van der Waals surface area contributed by atoms with E-state index in [0.29, 0.717) is 6.04 Å². The van der Waals surface area contributed by atoms with Crippen LogP contribution in [0, 0.1) is 3.83 Å². The second-order valence-electron chi connectivity index (χ2n) is 5.41. The third-order valence-corrected chi connectivity index (χ3v) is 4.26. The maximum absolute atomic E-state index is 5.84. The highest BCUT2D eigenvalue weighted by Crippen LogP contribution is 2.30. The lowest BCUT2D eigenvalue weighted by molar-refractivity contribution is -0.0298. The van der Waals surface area contributed by atoms with Gasteiger partial charge in [-0.05, 0) is 32.1 Å². The summed E-state index contributed by atoms with van der Waals surface area (Å²) < 4.78 is 8.64. The standard InChI is InChI=1S/C13H16IN5O/c14-13-17-11(16-8-4-5-8)10-12(18-13)19(7-15-10)9-3-1-2-6-20-9/h7-9H,1-6H2,(H,16,17,18). The van der Waals surface area contributed by atoms with Crippen LogP contribution in [0.2, 0.25) is 0 Å². The molecule has 7 heteroatoms. The Balaban J connectivity index is 1.76. The lowest BCUT2D eigenvalue weighted by atomic mass is 10.2. The number of imidazole rings is 1. The Morgan fingerprint density at radius 1 is 1.25 bits per heavy atom. The number of anilines is 1. The Morgan fingerprint density at radius 3 is 2.90 bits per heavy atom. The Hall–Kier alpha value is -0.960. The molecule has 2 aromatic rings. The van der Waals surface area contributed by atoms with E-state index in [1.54, 1.807) is 0 Å². The zero-order valence-corrected chi connectivity index (χ0v) is 13.2. The summed E-state index contributed by atoms with van der Waals surface area (Å²) >= 11 is 2.16. The zero-order valence-electron chi connectivity index (χ0n) is 11.0. The number of nitrogens with one attached hydrogen (secondary N) is 1. The first-order valence-electron chi connectivity index (χ1n) is 7.09. The lowest BCUT2D eigenvalue weighted by Gasteiger charge is -2.23. The van der Waals surface area contributed by atoms with E-state index in [1.165, 1.54) is 19.3 Å². The zero-order chi connectivity index (χ0) is 13.5. The van der Waals surface area contributed by atoms with Gasteiger partial charge in [0.2, 0.25) is 0 Å². The molecule has 3 heterocycles. The van der Waals surface area contributed by atoms with E-state index in [2.05, 4.69) is 47.4 Å². The SMILES string of the molecule is Ic1nc(NC2CC2)c2ncn(C3CCCCO3)c2n1. The first-order valence-corrected chi connectivity index (χ1v) is 8.17. The van der Waals surface area contributed by atoms with Crippen molar-refractivity contribution in [2.45, 2.75) is 44.4 Å². The number of hydrogen-bond donors (Lipinski definition) is 1. The molecule has 106 valence electrons. The molecule has 2 fully saturated rings. The average molecular weight is 385 g/mol. The van der Waals surface area contributed by atoms with Crippen molar-refractivity contribution < 1.29 is 4.74 Å². The van der Waals surface area contributed by atoms with Gasteiger partial charge in [-0.2, -0.15) is 0 Å². The molecule has 1 unspecified atom stereocenters. The Labute approximate surface area is 130 Å². The number of ether oxygens (including phenoxy) is 1. The minimum absolute atomic E-state index is 0.0632. The predicted molar refractivity (Wildman–Crippen MR) is 83.5 cm³/mol. The van der Waals surface area contributed by atoms with E-state index in [1.807, 2.05) is 6.33 Å². The summed E-state index contributed by atoms with van der Waals surface area (Å²) in [5.41, 5.74) is 1.73. The normalized spacial score (nSPS) is 23.1. The summed E-state index contributed by atoms with van der Waals surface area (Å²) in [5, 5.41) is 3.44. The molecule has 1 atom stereocenters. The van der Waals surface area contributed by atoms with Gasteiger partial charge < -0.3 is 10.1 Å². The Morgan fingerprint density at radius 2 is 2.15 bits per heavy atom. The molecule has 6 nitrogen and oxygen atoms in total. The van der Waals surface area contributed by atoms with Crippen molar-refractivity contribution in [3.05, 3.63) is 10.2 Å². The second kappa shape index (κ2) is 5.10. The Bertz CT molecular complexity index is 633. The molecule has 1 saturated heterocycles. The highest BCUT2D eigenvalue weighted by atomic mass is 127. The number of hydrogen-bond acceptors (Lipinski definition) is 5. The van der Waals surface area contributed by atoms with Gasteiger partial charge in [0.15, 0.2) is 20.8 Å². The maximum Gasteiger partial charge on any atom is 0.194 e. The molecule has 1 saturated carbocycles. The summed E-state index contributed by atoms with van der Waals surface area (Å²) in [7, 11) is 0. The van der Waals surface area contributed by atoms with E-state index in [9.17, 15) is 0 Å². The molecular formula is C13H16IN5O. The van der Waals surface area contributed by atoms with Gasteiger partial charge in [0.1, 0.15) is 6.23 Å². The quantitative estimate of drug-likeness (QED) is 0.650. The minimum Gasteiger partial charge on any atom is -0.365 e. The molecule has 0 radical (unpaired) electrons. The molecule has 1 aliphatic heterocycles. The smallest absolute Gasteiger partial charge is 0.194 e. The van der Waals surface area contributed by atoms with Gasteiger partial charge in [-0.15, -0.1) is 0 Å². The Kier molecular flexibility index (Phi) is 3.25. The summed E-state index contributed by atoms with van der Waals surface area (Å²) in [6, 6.07) is 0.556. The van der Waals surface area contributed by atoms with Crippen LogP contribution in [-0.2, 0) is 4.74 Å². The van der Waals surface area contributed by atoms with Crippen molar-refractivity contribution in [3.8, 4) is 0 Å². The maximum atomic E-state index is 5.84. The molecule has 1 aliphatic carbocycles. The molecule has 20 heavy (non-hydrogen) atoms. The van der Waals surface area contributed by atoms with Gasteiger partial charge in [0.05, 0.1) is 6.33 Å². The number of fused-ring (bicyclic) bond motifs is 1. The van der Waals surface area contributed by atoms with E-state index in [4.69, 9.17) is 4.74 Å². The van der Waals surface area contributed by atoms with E-state index in [-0.39, 0.29) is 6.23 Å². The van der Waals surface area contributed by atoms with Crippen LogP contribution in [-0.4, -0.2) is 32.2 Å². The highest BCUT2D eigenvalue weighted by Gasteiger charge is 2.25. The summed E-state index contributed by atoms with van der Waals surface area (Å²) in [6.45, 7) is 0.819. The van der Waals surface area contributed by atoms with Crippen LogP contribution in [0.4, 0.5) is 5.82 Å². The van der Waals surface area contributed by atoms with Crippen molar-refractivity contribution in [1.29, 1.82) is 0 Å². The highest BCUT2D eigenvalue weighted by molar-refractivity contribution is 14.1. The molecule has 2 aromatic heterocycles. The number of nitrogens with zero attached hydrogens (tertiary/aromatic N) is 4. The first kappa shape index (κ1) is 12.8. The third kappa shape index (κ3) is 2.37. The van der Waals surface area contributed by atoms with E-state index in [0.717, 1.165) is 40.3 Å². The van der Waals surface area contributed by atoms with Gasteiger partial charge in [0, 0.05) is 35.2 Å². The van der Waals surface area contributed by atoms with Crippen molar-refractivity contribution in [2.24, 2.45) is 0 Å². The van der Waals surface area contributed by atoms with Crippen molar-refractivity contribution in [3.63, 3.8) is 0 Å². The molecule has 0 spiro atoms. The fourth-order valence-electron chi connectivity index (χ4n) is 2.57. The molecule has 4 rings (SSSR count). The van der Waals surface area contributed by atoms with Gasteiger partial charge in [-0.3, -0.25) is 4.57 Å². The first-order chi connectivity index (χ1) is 9.81. The van der Waals surface area contributed by atoms with Crippen molar-refractivity contribution in [1.82, 2.24) is 19.5 Å². The van der Waals surface area contributed by atoms with E-state index >= 15 is 0 Å². The van der Waals surface area contributed by atoms with Gasteiger partial charge in [-0.1, -0.05) is 0 Å². The van der Waals surface area contributed by atoms with Crippen LogP contribution in [0.25, 0.3) is 11.2 Å². The van der Waals surface area contributed by atoms with Crippen LogP contribution in [0.3, 0.4) is 0 Å². The average Bonchev–Trinajstić information content (AvgIpc) is 3.17. The van der Waals surface area contributed by atoms with Gasteiger partial charge in [-0.25, -0.2) is 15.0 Å². The summed E-state index contributed by atoms with van der Waals surface area (Å²) in [4.78, 5) is 13.6. The number of aromatic nitrogens is 4. The van der Waals surface area contributed by atoms with Crippen LogP contribution in [0.5, 0.6) is 0 Å². The second-order valence-corrected chi connectivity index (χ2v) is 6.37. The number of halogens is 1. The van der Waals surface area contributed by atoms with Crippen LogP contribution in [0.1, 0.15) is 38.3 Å². The minimum atomic E-state index is 0.0632. The summed E-state index contributed by atoms with van der Waals surface area (Å²) in [6.07, 6.45) is 7.70. The lowest BCUT2D eigenvalue weighted by Crippen LogP contribution is -2.18. The van der Waals surface area contributed by atoms with Crippen LogP contribution < -0.4 is 5.32 Å². The van der Waals surface area contributed by atoms with E-state index < -0.39 is 0 Å². The molecular weight excluding hydrogens is 369 g/mol. The van der Waals surface area contributed by atoms with Crippen molar-refractivity contribution in [2.75, 3.05) is 11.9 Å².